The van der Waals surface area contributed by atoms with Gasteiger partial charge in [-0.2, -0.15) is 4.99 Å². The van der Waals surface area contributed by atoms with Crippen LogP contribution in [0.2, 0.25) is 0 Å². The quantitative estimate of drug-likeness (QED) is 0.108. The van der Waals surface area contributed by atoms with Gasteiger partial charge in [-0.15, -0.1) is 0 Å². The molecule has 0 saturated carbocycles. The molecule has 10 N–H and O–H groups in total. The van der Waals surface area contributed by atoms with Gasteiger partial charge in [-0.3, -0.25) is 14.4 Å². The number of allylic oxidation sites excluding steroid dienone is 1. The van der Waals surface area contributed by atoms with E-state index in [1.807, 2.05) is 30.3 Å². The van der Waals surface area contributed by atoms with E-state index in [0.29, 0.717) is 23.2 Å². The minimum atomic E-state index is -0.183. The predicted molar refractivity (Wildman–Crippen MR) is 156 cm³/mol. The van der Waals surface area contributed by atoms with Gasteiger partial charge < -0.3 is 38.3 Å². The van der Waals surface area contributed by atoms with E-state index in [0.717, 1.165) is 16.8 Å². The Hall–Kier alpha value is -5.65. The second-order valence-corrected chi connectivity index (χ2v) is 7.32. The molecule has 0 aliphatic carbocycles. The van der Waals surface area contributed by atoms with E-state index in [-0.39, 0.29) is 30.0 Å². The van der Waals surface area contributed by atoms with E-state index in [2.05, 4.69) is 38.2 Å². The average molecular weight is 533 g/mol. The Labute approximate surface area is 226 Å². The van der Waals surface area contributed by atoms with Crippen LogP contribution >= 0.6 is 0 Å². The molecule has 0 aliphatic heterocycles. The first kappa shape index (κ1) is 31.4. The summed E-state index contributed by atoms with van der Waals surface area (Å²) in [5.41, 5.74) is 20.4. The number of aromatic hydroxyl groups is 1. The minimum absolute atomic E-state index is 0.0290. The molecule has 0 atom stereocenters. The molecule has 0 saturated heterocycles. The van der Waals surface area contributed by atoms with E-state index in [9.17, 15) is 9.90 Å². The number of primary amides is 1. The van der Waals surface area contributed by atoms with E-state index in [1.165, 1.54) is 6.08 Å². The lowest BCUT2D eigenvalue weighted by molar-refractivity contribution is -0.107. The van der Waals surface area contributed by atoms with Gasteiger partial charge in [-0.05, 0) is 65.7 Å². The van der Waals surface area contributed by atoms with Crippen molar-refractivity contribution in [1.29, 1.82) is 0 Å². The third-order valence-electron chi connectivity index (χ3n) is 4.63. The molecule has 3 aromatic rings. The van der Waals surface area contributed by atoms with Crippen molar-refractivity contribution in [3.05, 3.63) is 84.9 Å². The predicted octanol–water partition coefficient (Wildman–Crippen LogP) is 2.31. The topological polar surface area (TPSA) is 210 Å². The lowest BCUT2D eigenvalue weighted by Crippen LogP contribution is -2.26. The third kappa shape index (κ3) is 11.3. The number of anilines is 2. The van der Waals surface area contributed by atoms with Crippen LogP contribution in [0.1, 0.15) is 10.4 Å². The number of nitrogens with two attached hydrogens (primary N) is 3. The van der Waals surface area contributed by atoms with Crippen molar-refractivity contribution in [3.63, 3.8) is 0 Å². The Kier molecular flexibility index (Phi) is 13.6. The molecule has 204 valence electrons. The maximum absolute atomic E-state index is 11.6. The molecule has 0 aliphatic rings. The molecule has 0 spiro atoms. The van der Waals surface area contributed by atoms with Crippen LogP contribution in [0.15, 0.2) is 89.4 Å². The summed E-state index contributed by atoms with van der Waals surface area (Å²) in [6, 6.07) is 19.4. The van der Waals surface area contributed by atoms with Gasteiger partial charge in [-0.25, -0.2) is 4.99 Å². The summed E-state index contributed by atoms with van der Waals surface area (Å²) in [6.45, 7) is 3.11. The van der Waals surface area contributed by atoms with Crippen molar-refractivity contribution in [2.24, 2.45) is 27.2 Å². The highest BCUT2D eigenvalue weighted by Gasteiger charge is 2.04. The van der Waals surface area contributed by atoms with Gasteiger partial charge in [0.05, 0.1) is 5.69 Å². The molecule has 3 rings (SSSR count). The average Bonchev–Trinajstić information content (AvgIpc) is 2.93. The zero-order chi connectivity index (χ0) is 29.2. The van der Waals surface area contributed by atoms with Gasteiger partial charge in [0.15, 0.2) is 0 Å². The maximum Gasteiger partial charge on any atom is 0.251 e. The highest BCUT2D eigenvalue weighted by Crippen LogP contribution is 2.28. The van der Waals surface area contributed by atoms with Crippen LogP contribution in [0.5, 0.6) is 5.75 Å². The van der Waals surface area contributed by atoms with Crippen molar-refractivity contribution < 1.29 is 19.5 Å². The number of aldehydes is 1. The number of amides is 2. The SMILES string of the molecule is C=CC=O.CNC(=O)c1ccc(N=C(N)/N=C(/N)Nc2ccc(-c3cc(O)cc(NC)c3)cc2)cc1.NC=O. The zero-order valence-corrected chi connectivity index (χ0v) is 21.6. The van der Waals surface area contributed by atoms with Crippen LogP contribution in [-0.4, -0.2) is 49.7 Å². The number of carbonyl (C=O) groups is 3. The van der Waals surface area contributed by atoms with Crippen molar-refractivity contribution in [3.8, 4) is 16.9 Å². The number of nitrogens with one attached hydrogen (secondary N) is 3. The first-order valence-corrected chi connectivity index (χ1v) is 11.3. The van der Waals surface area contributed by atoms with Crippen LogP contribution in [0.25, 0.3) is 11.1 Å². The van der Waals surface area contributed by atoms with Crippen molar-refractivity contribution in [2.75, 3.05) is 24.7 Å². The number of guanidine groups is 2. The molecule has 0 unspecified atom stereocenters. The number of hydrogen-bond acceptors (Lipinski definition) is 6. The van der Waals surface area contributed by atoms with Gasteiger partial charge >= 0.3 is 0 Å². The van der Waals surface area contributed by atoms with Gasteiger partial charge in [0.25, 0.3) is 5.91 Å². The number of rotatable bonds is 6. The number of carbonyl (C=O) groups excluding carboxylic acids is 3. The van der Waals surface area contributed by atoms with Gasteiger partial charge in [0.1, 0.15) is 12.0 Å². The van der Waals surface area contributed by atoms with E-state index < -0.39 is 0 Å². The summed E-state index contributed by atoms with van der Waals surface area (Å²) in [7, 11) is 3.36. The van der Waals surface area contributed by atoms with Crippen LogP contribution < -0.4 is 33.2 Å². The monoisotopic (exact) mass is 532 g/mol. The minimum Gasteiger partial charge on any atom is -0.508 e. The molecule has 12 nitrogen and oxygen atoms in total. The fraction of sp³-hybridized carbons (Fsp3) is 0.0741. The second-order valence-electron chi connectivity index (χ2n) is 7.32. The maximum atomic E-state index is 11.6. The summed E-state index contributed by atoms with van der Waals surface area (Å²) in [5.74, 6) is 0.0513. The fourth-order valence-corrected chi connectivity index (χ4v) is 2.96. The molecule has 39 heavy (non-hydrogen) atoms. The van der Waals surface area contributed by atoms with E-state index >= 15 is 0 Å². The first-order valence-electron chi connectivity index (χ1n) is 11.3. The summed E-state index contributed by atoms with van der Waals surface area (Å²) in [4.78, 5) is 37.4. The Morgan fingerprint density at radius 2 is 1.51 bits per heavy atom. The molecule has 0 fully saturated rings. The molecule has 0 aromatic heterocycles. The summed E-state index contributed by atoms with van der Waals surface area (Å²) < 4.78 is 0. The lowest BCUT2D eigenvalue weighted by Gasteiger charge is -2.09. The molecule has 12 heteroatoms. The first-order chi connectivity index (χ1) is 18.7. The van der Waals surface area contributed by atoms with Crippen molar-refractivity contribution in [1.82, 2.24) is 5.32 Å². The normalized spacial score (nSPS) is 10.4. The summed E-state index contributed by atoms with van der Waals surface area (Å²) in [6.07, 6.45) is 2.08. The van der Waals surface area contributed by atoms with Crippen LogP contribution in [0, 0.1) is 0 Å². The van der Waals surface area contributed by atoms with E-state index in [1.54, 1.807) is 50.5 Å². The largest absolute Gasteiger partial charge is 0.508 e. The number of nitrogens with zero attached hydrogens (tertiary/aromatic N) is 2. The summed E-state index contributed by atoms with van der Waals surface area (Å²) in [5, 5.41) is 18.4. The Bertz CT molecular complexity index is 1300. The van der Waals surface area contributed by atoms with Crippen molar-refractivity contribution in [2.45, 2.75) is 0 Å². The zero-order valence-electron chi connectivity index (χ0n) is 21.6. The smallest absolute Gasteiger partial charge is 0.251 e. The van der Waals surface area contributed by atoms with Gasteiger partial charge in [-0.1, -0.05) is 18.7 Å². The number of aliphatic imine (C=N–C) groups is 2. The Morgan fingerprint density at radius 3 is 2.03 bits per heavy atom. The standard InChI is InChI=1S/C23H25N7O2.C3H4O.CH3NO/c1-26-19-11-16(12-20(31)13-19)14-3-7-17(8-4-14)28-22(24)30-23(25)29-18-9-5-15(6-10-18)21(32)27-2;1-2-3-4;2-1-3/h3-13,26,31H,1-2H3,(H,27,32)(H5,24,25,28,29,30);2-3H,1H2;1H,(H2,2,3). The van der Waals surface area contributed by atoms with Crippen LogP contribution in [-0.2, 0) is 9.59 Å². The van der Waals surface area contributed by atoms with E-state index in [4.69, 9.17) is 21.1 Å². The van der Waals surface area contributed by atoms with Gasteiger partial charge in [0.2, 0.25) is 18.3 Å². The Morgan fingerprint density at radius 1 is 0.923 bits per heavy atom. The Balaban J connectivity index is 0.000000975. The molecule has 0 radical (unpaired) electrons. The number of hydrogen-bond donors (Lipinski definition) is 7. The molecule has 0 bridgehead atoms. The molecule has 0 heterocycles. The lowest BCUT2D eigenvalue weighted by atomic mass is 10.0. The molecule has 2 amide bonds. The number of phenols is 1. The molecule has 3 aromatic carbocycles. The summed E-state index contributed by atoms with van der Waals surface area (Å²) >= 11 is 0. The second kappa shape index (κ2) is 16.9. The fourth-order valence-electron chi connectivity index (χ4n) is 2.96. The third-order valence-corrected chi connectivity index (χ3v) is 4.63. The number of phenolic OH excluding ortho intramolecular Hbond substituents is 1. The van der Waals surface area contributed by atoms with Crippen molar-refractivity contribution >= 4 is 47.6 Å². The highest BCUT2D eigenvalue weighted by atomic mass is 16.3. The number of benzene rings is 3. The van der Waals surface area contributed by atoms with Gasteiger partial charge in [0, 0.05) is 37.1 Å². The molecular formula is C27H32N8O4. The van der Waals surface area contributed by atoms with Crippen LogP contribution in [0.3, 0.4) is 0 Å². The molecular weight excluding hydrogens is 500 g/mol. The highest BCUT2D eigenvalue weighted by molar-refractivity contribution is 6.01. The van der Waals surface area contributed by atoms with Crippen LogP contribution in [0.4, 0.5) is 17.1 Å².